The normalized spacial score (nSPS) is 10.6. The Bertz CT molecular complexity index is 634. The lowest BCUT2D eigenvalue weighted by molar-refractivity contribution is 0.0698. The van der Waals surface area contributed by atoms with Gasteiger partial charge < -0.3 is 16.2 Å². The van der Waals surface area contributed by atoms with Gasteiger partial charge in [0.1, 0.15) is 0 Å². The molecular weight excluding hydrogens is 264 g/mol. The van der Waals surface area contributed by atoms with Gasteiger partial charge in [-0.1, -0.05) is 38.1 Å². The largest absolute Gasteiger partial charge is 0.478 e. The number of nitrogens with one attached hydrogen (secondary N) is 1. The van der Waals surface area contributed by atoms with Gasteiger partial charge in [0.05, 0.1) is 5.56 Å². The van der Waals surface area contributed by atoms with E-state index in [0.29, 0.717) is 12.5 Å². The van der Waals surface area contributed by atoms with E-state index in [9.17, 15) is 4.79 Å². The Morgan fingerprint density at radius 2 is 1.86 bits per heavy atom. The topological polar surface area (TPSA) is 75.3 Å². The molecule has 0 radical (unpaired) electrons. The van der Waals surface area contributed by atoms with Crippen LogP contribution in [0.3, 0.4) is 0 Å². The first kappa shape index (κ1) is 14.9. The van der Waals surface area contributed by atoms with E-state index < -0.39 is 5.97 Å². The van der Waals surface area contributed by atoms with Crippen LogP contribution in [0.15, 0.2) is 42.5 Å². The number of aromatic carboxylic acids is 1. The molecule has 0 amide bonds. The van der Waals surface area contributed by atoms with E-state index in [1.165, 1.54) is 5.56 Å². The molecule has 0 bridgehead atoms. The maximum absolute atomic E-state index is 11.0. The molecule has 0 heterocycles. The van der Waals surface area contributed by atoms with Crippen molar-refractivity contribution in [3.05, 3.63) is 59.2 Å². The minimum atomic E-state index is -1.02. The molecule has 4 nitrogen and oxygen atoms in total. The molecule has 0 saturated carbocycles. The molecule has 110 valence electrons. The van der Waals surface area contributed by atoms with Gasteiger partial charge >= 0.3 is 5.97 Å². The molecule has 0 aliphatic carbocycles. The van der Waals surface area contributed by atoms with Gasteiger partial charge in [-0.15, -0.1) is 0 Å². The Morgan fingerprint density at radius 1 is 1.19 bits per heavy atom. The fourth-order valence-electron chi connectivity index (χ4n) is 2.08. The predicted octanol–water partition coefficient (Wildman–Crippen LogP) is 3.70. The van der Waals surface area contributed by atoms with Crippen molar-refractivity contribution in [1.82, 2.24) is 0 Å². The standard InChI is InChI=1S/C17H20N2O2/c1-11(2)13-5-3-12(4-6-13)10-19-14-7-8-16(18)15(9-14)17(20)21/h3-9,11,19H,10,18H2,1-2H3,(H,20,21). The van der Waals surface area contributed by atoms with Gasteiger partial charge in [-0.25, -0.2) is 4.79 Å². The van der Waals surface area contributed by atoms with Crippen LogP contribution in [-0.2, 0) is 6.54 Å². The fraction of sp³-hybridized carbons (Fsp3) is 0.235. The zero-order valence-electron chi connectivity index (χ0n) is 12.3. The molecule has 0 aromatic heterocycles. The molecule has 0 atom stereocenters. The molecule has 0 saturated heterocycles. The average Bonchev–Trinajstić information content (AvgIpc) is 2.46. The summed E-state index contributed by atoms with van der Waals surface area (Å²) in [6.07, 6.45) is 0. The molecule has 0 fully saturated rings. The van der Waals surface area contributed by atoms with Crippen molar-refractivity contribution in [2.75, 3.05) is 11.1 Å². The van der Waals surface area contributed by atoms with Crippen LogP contribution in [0.5, 0.6) is 0 Å². The summed E-state index contributed by atoms with van der Waals surface area (Å²) in [5, 5.41) is 12.3. The zero-order chi connectivity index (χ0) is 15.4. The van der Waals surface area contributed by atoms with Crippen molar-refractivity contribution in [3.8, 4) is 0 Å². The minimum absolute atomic E-state index is 0.121. The van der Waals surface area contributed by atoms with Gasteiger partial charge in [-0.3, -0.25) is 0 Å². The SMILES string of the molecule is CC(C)c1ccc(CNc2ccc(N)c(C(=O)O)c2)cc1. The summed E-state index contributed by atoms with van der Waals surface area (Å²) in [5.41, 5.74) is 9.22. The Morgan fingerprint density at radius 3 is 2.43 bits per heavy atom. The van der Waals surface area contributed by atoms with Crippen molar-refractivity contribution >= 4 is 17.3 Å². The minimum Gasteiger partial charge on any atom is -0.478 e. The molecule has 0 aliphatic heterocycles. The van der Waals surface area contributed by atoms with Crippen LogP contribution in [-0.4, -0.2) is 11.1 Å². The van der Waals surface area contributed by atoms with E-state index in [0.717, 1.165) is 11.3 Å². The second-order valence-corrected chi connectivity index (χ2v) is 5.36. The summed E-state index contributed by atoms with van der Waals surface area (Å²) in [5.74, 6) is -0.500. The lowest BCUT2D eigenvalue weighted by Gasteiger charge is -2.10. The van der Waals surface area contributed by atoms with E-state index in [2.05, 4.69) is 43.4 Å². The number of hydrogen-bond donors (Lipinski definition) is 3. The molecule has 0 aliphatic rings. The number of carboxylic acid groups (broad SMARTS) is 1. The number of anilines is 2. The lowest BCUT2D eigenvalue weighted by atomic mass is 10.0. The molecule has 4 N–H and O–H groups in total. The number of carboxylic acids is 1. The van der Waals surface area contributed by atoms with Gasteiger partial charge in [0.25, 0.3) is 0 Å². The van der Waals surface area contributed by atoms with E-state index in [1.807, 2.05) is 0 Å². The average molecular weight is 284 g/mol. The maximum atomic E-state index is 11.0. The van der Waals surface area contributed by atoms with E-state index in [1.54, 1.807) is 18.2 Å². The van der Waals surface area contributed by atoms with Crippen molar-refractivity contribution in [2.24, 2.45) is 0 Å². The summed E-state index contributed by atoms with van der Waals surface area (Å²) in [6.45, 7) is 4.96. The highest BCUT2D eigenvalue weighted by atomic mass is 16.4. The first-order chi connectivity index (χ1) is 9.97. The summed E-state index contributed by atoms with van der Waals surface area (Å²) in [6, 6.07) is 13.3. The molecule has 4 heteroatoms. The van der Waals surface area contributed by atoms with Gasteiger partial charge in [0.2, 0.25) is 0 Å². The van der Waals surface area contributed by atoms with Crippen molar-refractivity contribution in [3.63, 3.8) is 0 Å². The Labute approximate surface area is 124 Å². The van der Waals surface area contributed by atoms with Crippen molar-refractivity contribution in [2.45, 2.75) is 26.3 Å². The van der Waals surface area contributed by atoms with Gasteiger partial charge in [-0.2, -0.15) is 0 Å². The molecule has 2 rings (SSSR count). The van der Waals surface area contributed by atoms with Gasteiger partial charge in [-0.05, 0) is 35.2 Å². The molecule has 0 unspecified atom stereocenters. The zero-order valence-corrected chi connectivity index (χ0v) is 12.3. The number of nitrogens with two attached hydrogens (primary N) is 1. The smallest absolute Gasteiger partial charge is 0.337 e. The Hall–Kier alpha value is -2.49. The first-order valence-corrected chi connectivity index (χ1v) is 6.93. The Balaban J connectivity index is 2.06. The quantitative estimate of drug-likeness (QED) is 0.732. The maximum Gasteiger partial charge on any atom is 0.337 e. The van der Waals surface area contributed by atoms with Crippen molar-refractivity contribution < 1.29 is 9.90 Å². The highest BCUT2D eigenvalue weighted by molar-refractivity contribution is 5.94. The second kappa shape index (κ2) is 6.31. The van der Waals surface area contributed by atoms with E-state index >= 15 is 0 Å². The number of benzene rings is 2. The number of hydrogen-bond acceptors (Lipinski definition) is 3. The second-order valence-electron chi connectivity index (χ2n) is 5.36. The van der Waals surface area contributed by atoms with Crippen LogP contribution in [0.1, 0.15) is 41.3 Å². The molecule has 2 aromatic rings. The van der Waals surface area contributed by atoms with E-state index in [4.69, 9.17) is 10.8 Å². The fourth-order valence-corrected chi connectivity index (χ4v) is 2.08. The summed E-state index contributed by atoms with van der Waals surface area (Å²) < 4.78 is 0. The number of rotatable bonds is 5. The summed E-state index contributed by atoms with van der Waals surface area (Å²) in [4.78, 5) is 11.0. The number of carbonyl (C=O) groups is 1. The molecule has 21 heavy (non-hydrogen) atoms. The van der Waals surface area contributed by atoms with Crippen LogP contribution in [0.25, 0.3) is 0 Å². The first-order valence-electron chi connectivity index (χ1n) is 6.93. The van der Waals surface area contributed by atoms with E-state index in [-0.39, 0.29) is 11.3 Å². The lowest BCUT2D eigenvalue weighted by Crippen LogP contribution is -2.05. The highest BCUT2D eigenvalue weighted by Crippen LogP contribution is 2.19. The van der Waals surface area contributed by atoms with Gasteiger partial charge in [0, 0.05) is 17.9 Å². The predicted molar refractivity (Wildman–Crippen MR) is 85.7 cm³/mol. The van der Waals surface area contributed by atoms with Crippen LogP contribution >= 0.6 is 0 Å². The summed E-state index contributed by atoms with van der Waals surface area (Å²) >= 11 is 0. The third kappa shape index (κ3) is 3.75. The highest BCUT2D eigenvalue weighted by Gasteiger charge is 2.08. The third-order valence-electron chi connectivity index (χ3n) is 3.43. The van der Waals surface area contributed by atoms with Crippen LogP contribution < -0.4 is 11.1 Å². The number of nitrogen functional groups attached to an aromatic ring is 1. The third-order valence-corrected chi connectivity index (χ3v) is 3.43. The Kier molecular flexibility index (Phi) is 4.48. The monoisotopic (exact) mass is 284 g/mol. The van der Waals surface area contributed by atoms with Crippen LogP contribution in [0.4, 0.5) is 11.4 Å². The van der Waals surface area contributed by atoms with Crippen LogP contribution in [0, 0.1) is 0 Å². The molecule has 0 spiro atoms. The summed E-state index contributed by atoms with van der Waals surface area (Å²) in [7, 11) is 0. The van der Waals surface area contributed by atoms with Gasteiger partial charge in [0.15, 0.2) is 0 Å². The molecular formula is C17H20N2O2. The van der Waals surface area contributed by atoms with Crippen molar-refractivity contribution in [1.29, 1.82) is 0 Å². The van der Waals surface area contributed by atoms with Crippen LogP contribution in [0.2, 0.25) is 0 Å². The molecule has 2 aromatic carbocycles.